The van der Waals surface area contributed by atoms with E-state index in [1.54, 1.807) is 7.05 Å². The molecule has 0 aliphatic carbocycles. The minimum Gasteiger partial charge on any atom is -0.378 e. The van der Waals surface area contributed by atoms with Crippen LogP contribution in [-0.2, 0) is 13.6 Å². The van der Waals surface area contributed by atoms with Crippen LogP contribution in [-0.4, -0.2) is 19.2 Å². The van der Waals surface area contributed by atoms with E-state index < -0.39 is 0 Å². The van der Waals surface area contributed by atoms with E-state index in [0.29, 0.717) is 17.7 Å². The molecule has 0 saturated carbocycles. The quantitative estimate of drug-likeness (QED) is 0.630. The zero-order valence-electron chi connectivity index (χ0n) is 13.5. The molecule has 0 atom stereocenters. The minimum absolute atomic E-state index is 0.0662. The highest BCUT2D eigenvalue weighted by Gasteiger charge is 2.14. The van der Waals surface area contributed by atoms with E-state index in [4.69, 9.17) is 0 Å². The van der Waals surface area contributed by atoms with Gasteiger partial charge in [0.05, 0.1) is 17.4 Å². The second kappa shape index (κ2) is 5.49. The van der Waals surface area contributed by atoms with E-state index in [-0.39, 0.29) is 5.56 Å². The first-order valence-electron chi connectivity index (χ1n) is 7.77. The number of aromatic nitrogens is 4. The molecule has 0 aliphatic heterocycles. The lowest BCUT2D eigenvalue weighted by Gasteiger charge is -2.09. The number of anilines is 1. The molecular weight excluding hydrogens is 302 g/mol. The zero-order chi connectivity index (χ0) is 16.7. The summed E-state index contributed by atoms with van der Waals surface area (Å²) < 4.78 is 3.46. The highest BCUT2D eigenvalue weighted by atomic mass is 16.1. The van der Waals surface area contributed by atoms with Crippen molar-refractivity contribution in [2.75, 3.05) is 5.32 Å². The summed E-state index contributed by atoms with van der Waals surface area (Å²) in [6.45, 7) is 2.58. The Balaban J connectivity index is 1.82. The fraction of sp³-hybridized carbons (Fsp3) is 0.167. The topological polar surface area (TPSA) is 64.2 Å². The second-order valence-electron chi connectivity index (χ2n) is 5.85. The average Bonchev–Trinajstić information content (AvgIpc) is 3.03. The SMILES string of the molecule is Cc1ccc(NCc2nnc3n(C)c(=O)c4ccccc4n23)cc1. The van der Waals surface area contributed by atoms with Crippen molar-refractivity contribution in [3.8, 4) is 0 Å². The van der Waals surface area contributed by atoms with Crippen LogP contribution in [0.15, 0.2) is 53.3 Å². The predicted molar refractivity (Wildman–Crippen MR) is 94.2 cm³/mol. The summed E-state index contributed by atoms with van der Waals surface area (Å²) in [5.74, 6) is 1.30. The Labute approximate surface area is 138 Å². The van der Waals surface area contributed by atoms with E-state index in [1.807, 2.05) is 40.8 Å². The number of rotatable bonds is 3. The van der Waals surface area contributed by atoms with Crippen LogP contribution in [0.5, 0.6) is 0 Å². The molecule has 0 unspecified atom stereocenters. The molecule has 24 heavy (non-hydrogen) atoms. The molecule has 0 saturated heterocycles. The molecule has 6 heteroatoms. The number of nitrogens with zero attached hydrogens (tertiary/aromatic N) is 4. The average molecular weight is 319 g/mol. The maximum absolute atomic E-state index is 12.4. The van der Waals surface area contributed by atoms with Gasteiger partial charge < -0.3 is 5.32 Å². The predicted octanol–water partition coefficient (Wildman–Crippen LogP) is 2.50. The van der Waals surface area contributed by atoms with Gasteiger partial charge in [0, 0.05) is 12.7 Å². The lowest BCUT2D eigenvalue weighted by Crippen LogP contribution is -2.20. The summed E-state index contributed by atoms with van der Waals surface area (Å²) in [7, 11) is 1.72. The molecule has 1 N–H and O–H groups in total. The van der Waals surface area contributed by atoms with Gasteiger partial charge in [-0.25, -0.2) is 0 Å². The van der Waals surface area contributed by atoms with Crippen LogP contribution >= 0.6 is 0 Å². The molecule has 0 radical (unpaired) electrons. The Bertz CT molecular complexity index is 1090. The first-order chi connectivity index (χ1) is 11.6. The Morgan fingerprint density at radius 2 is 1.79 bits per heavy atom. The first kappa shape index (κ1) is 14.4. The van der Waals surface area contributed by atoms with Crippen molar-refractivity contribution in [1.82, 2.24) is 19.2 Å². The molecule has 2 aromatic carbocycles. The molecule has 2 heterocycles. The monoisotopic (exact) mass is 319 g/mol. The Kier molecular flexibility index (Phi) is 3.30. The van der Waals surface area contributed by atoms with Crippen molar-refractivity contribution in [1.29, 1.82) is 0 Å². The van der Waals surface area contributed by atoms with Gasteiger partial charge in [0.15, 0.2) is 5.82 Å². The maximum Gasteiger partial charge on any atom is 0.262 e. The summed E-state index contributed by atoms with van der Waals surface area (Å²) in [5.41, 5.74) is 2.99. The van der Waals surface area contributed by atoms with Crippen LogP contribution in [0.25, 0.3) is 16.7 Å². The van der Waals surface area contributed by atoms with Gasteiger partial charge in [0.25, 0.3) is 5.56 Å². The Hall–Kier alpha value is -3.15. The van der Waals surface area contributed by atoms with Crippen LogP contribution in [0.1, 0.15) is 11.4 Å². The van der Waals surface area contributed by atoms with Crippen molar-refractivity contribution >= 4 is 22.4 Å². The number of nitrogens with one attached hydrogen (secondary N) is 1. The largest absolute Gasteiger partial charge is 0.378 e. The number of fused-ring (bicyclic) bond motifs is 3. The number of aryl methyl sites for hydroxylation is 2. The smallest absolute Gasteiger partial charge is 0.262 e. The lowest BCUT2D eigenvalue weighted by atomic mass is 10.2. The van der Waals surface area contributed by atoms with E-state index >= 15 is 0 Å². The van der Waals surface area contributed by atoms with Crippen molar-refractivity contribution < 1.29 is 0 Å². The molecule has 0 spiro atoms. The summed E-state index contributed by atoms with van der Waals surface area (Å²) in [6.07, 6.45) is 0. The molecule has 4 aromatic rings. The molecular formula is C18H17N5O. The van der Waals surface area contributed by atoms with Crippen molar-refractivity contribution in [3.05, 3.63) is 70.3 Å². The van der Waals surface area contributed by atoms with Gasteiger partial charge in [-0.3, -0.25) is 13.8 Å². The first-order valence-corrected chi connectivity index (χ1v) is 7.77. The molecule has 2 aromatic heterocycles. The highest BCUT2D eigenvalue weighted by Crippen LogP contribution is 2.15. The third-order valence-electron chi connectivity index (χ3n) is 4.20. The number of para-hydroxylation sites is 1. The van der Waals surface area contributed by atoms with Crippen molar-refractivity contribution in [3.63, 3.8) is 0 Å². The van der Waals surface area contributed by atoms with Crippen LogP contribution in [0, 0.1) is 6.92 Å². The summed E-state index contributed by atoms with van der Waals surface area (Å²) in [4.78, 5) is 12.4. The summed E-state index contributed by atoms with van der Waals surface area (Å²) in [6, 6.07) is 15.7. The van der Waals surface area contributed by atoms with Crippen LogP contribution < -0.4 is 10.9 Å². The number of hydrogen-bond acceptors (Lipinski definition) is 4. The van der Waals surface area contributed by atoms with E-state index in [2.05, 4.69) is 34.6 Å². The van der Waals surface area contributed by atoms with Gasteiger partial charge in [-0.15, -0.1) is 10.2 Å². The standard InChI is InChI=1S/C18H17N5O/c1-12-7-9-13(10-8-12)19-11-16-20-21-18-22(2)17(24)14-5-3-4-6-15(14)23(16)18/h3-10,19H,11H2,1-2H3. The van der Waals surface area contributed by atoms with E-state index in [0.717, 1.165) is 17.0 Å². The molecule has 0 amide bonds. The molecule has 120 valence electrons. The fourth-order valence-electron chi connectivity index (χ4n) is 2.86. The van der Waals surface area contributed by atoms with Crippen LogP contribution in [0.3, 0.4) is 0 Å². The van der Waals surface area contributed by atoms with Gasteiger partial charge in [-0.2, -0.15) is 0 Å². The van der Waals surface area contributed by atoms with Crippen molar-refractivity contribution in [2.45, 2.75) is 13.5 Å². The molecule has 0 bridgehead atoms. The normalized spacial score (nSPS) is 11.2. The molecule has 6 nitrogen and oxygen atoms in total. The van der Waals surface area contributed by atoms with Crippen LogP contribution in [0.4, 0.5) is 5.69 Å². The number of benzene rings is 2. The van der Waals surface area contributed by atoms with E-state index in [9.17, 15) is 4.79 Å². The summed E-state index contributed by atoms with van der Waals surface area (Å²) >= 11 is 0. The van der Waals surface area contributed by atoms with Crippen LogP contribution in [0.2, 0.25) is 0 Å². The Morgan fingerprint density at radius 3 is 2.58 bits per heavy atom. The van der Waals surface area contributed by atoms with Gasteiger partial charge in [-0.05, 0) is 31.2 Å². The third kappa shape index (κ3) is 2.23. The lowest BCUT2D eigenvalue weighted by molar-refractivity contribution is 0.855. The summed E-state index contributed by atoms with van der Waals surface area (Å²) in [5, 5.41) is 12.5. The molecule has 0 aliphatic rings. The number of hydrogen-bond donors (Lipinski definition) is 1. The Morgan fingerprint density at radius 1 is 1.04 bits per heavy atom. The highest BCUT2D eigenvalue weighted by molar-refractivity contribution is 5.80. The van der Waals surface area contributed by atoms with Gasteiger partial charge in [-0.1, -0.05) is 29.8 Å². The van der Waals surface area contributed by atoms with Gasteiger partial charge in [0.2, 0.25) is 5.78 Å². The molecule has 0 fully saturated rings. The van der Waals surface area contributed by atoms with Gasteiger partial charge >= 0.3 is 0 Å². The maximum atomic E-state index is 12.4. The van der Waals surface area contributed by atoms with E-state index in [1.165, 1.54) is 10.1 Å². The second-order valence-corrected chi connectivity index (χ2v) is 5.85. The van der Waals surface area contributed by atoms with Crippen molar-refractivity contribution in [2.24, 2.45) is 7.05 Å². The molecule has 4 rings (SSSR count). The zero-order valence-corrected chi connectivity index (χ0v) is 13.5. The van der Waals surface area contributed by atoms with Gasteiger partial charge in [0.1, 0.15) is 0 Å². The minimum atomic E-state index is -0.0662. The third-order valence-corrected chi connectivity index (χ3v) is 4.20. The fourth-order valence-corrected chi connectivity index (χ4v) is 2.86.